The molecule has 1 aliphatic rings. The van der Waals surface area contributed by atoms with Crippen LogP contribution in [0.2, 0.25) is 0 Å². The van der Waals surface area contributed by atoms with E-state index in [4.69, 9.17) is 9.47 Å². The highest BCUT2D eigenvalue weighted by molar-refractivity contribution is 7.90. The third-order valence-electron chi connectivity index (χ3n) is 4.84. The minimum absolute atomic E-state index is 0.220. The van der Waals surface area contributed by atoms with Crippen molar-refractivity contribution in [2.75, 3.05) is 25.7 Å². The molecule has 1 heterocycles. The predicted octanol–water partition coefficient (Wildman–Crippen LogP) is 2.52. The number of hydrogen-bond acceptors (Lipinski definition) is 8. The van der Waals surface area contributed by atoms with Crippen molar-refractivity contribution >= 4 is 27.3 Å². The van der Waals surface area contributed by atoms with Crippen molar-refractivity contribution in [1.29, 1.82) is 0 Å². The fraction of sp³-hybridized carbons (Fsp3) is 0.300. The van der Waals surface area contributed by atoms with E-state index in [2.05, 4.69) is 0 Å². The number of rotatable bonds is 8. The van der Waals surface area contributed by atoms with E-state index in [0.29, 0.717) is 10.6 Å². The van der Waals surface area contributed by atoms with Crippen LogP contribution in [0.25, 0.3) is 0 Å². The predicted molar refractivity (Wildman–Crippen MR) is 110 cm³/mol. The maximum atomic E-state index is 14.1. The van der Waals surface area contributed by atoms with E-state index in [1.807, 2.05) is 0 Å². The highest BCUT2D eigenvalue weighted by Crippen LogP contribution is 2.39. The molecule has 0 N–H and O–H groups in total. The normalized spacial score (nSPS) is 14.3. The number of nitro benzene ring substituents is 1. The molecule has 3 rings (SSSR count). The van der Waals surface area contributed by atoms with Gasteiger partial charge in [0.1, 0.15) is 15.4 Å². The summed E-state index contributed by atoms with van der Waals surface area (Å²) >= 11 is 0. The van der Waals surface area contributed by atoms with E-state index in [-0.39, 0.29) is 23.5 Å². The molecule has 2 aromatic carbocycles. The molecule has 1 aliphatic heterocycles. The first-order chi connectivity index (χ1) is 15.0. The third-order valence-corrected chi connectivity index (χ3v) is 5.76. The number of nitro groups is 1. The fourth-order valence-corrected chi connectivity index (χ4v) is 4.45. The van der Waals surface area contributed by atoms with Gasteiger partial charge in [-0.1, -0.05) is 6.07 Å². The lowest BCUT2D eigenvalue weighted by Crippen LogP contribution is -2.37. The highest BCUT2D eigenvalue weighted by Gasteiger charge is 2.47. The van der Waals surface area contributed by atoms with Crippen LogP contribution in [0.5, 0.6) is 11.5 Å². The van der Waals surface area contributed by atoms with Crippen LogP contribution in [0.3, 0.4) is 0 Å². The van der Waals surface area contributed by atoms with Gasteiger partial charge in [0.05, 0.1) is 36.0 Å². The number of methoxy groups -OCH3 is 1. The van der Waals surface area contributed by atoms with Gasteiger partial charge in [-0.25, -0.2) is 8.42 Å². The molecular formula is C20H19FN2O8S. The number of carbonyl (C=O) groups is 2. The largest absolute Gasteiger partial charge is 0.493 e. The number of imide groups is 1. The first kappa shape index (κ1) is 23.1. The van der Waals surface area contributed by atoms with Crippen LogP contribution in [0.1, 0.15) is 39.2 Å². The minimum atomic E-state index is -3.74. The summed E-state index contributed by atoms with van der Waals surface area (Å²) in [6.07, 6.45) is 0.924. The molecule has 0 bridgehead atoms. The van der Waals surface area contributed by atoms with E-state index in [1.54, 1.807) is 6.92 Å². The van der Waals surface area contributed by atoms with Gasteiger partial charge in [-0.15, -0.1) is 0 Å². The van der Waals surface area contributed by atoms with Crippen molar-refractivity contribution in [3.8, 4) is 11.5 Å². The average Bonchev–Trinajstić information content (AvgIpc) is 2.95. The summed E-state index contributed by atoms with van der Waals surface area (Å²) in [5, 5.41) is 11.4. The molecule has 0 fully saturated rings. The maximum absolute atomic E-state index is 14.1. The number of halogens is 1. The van der Waals surface area contributed by atoms with Gasteiger partial charge < -0.3 is 9.47 Å². The SMILES string of the molecule is CCOc1cc(C(CS(C)(=O)=O)N2C(=O)c3ccc(F)c([N+](=O)[O-])c3C2=O)ccc1OC. The molecule has 170 valence electrons. The Balaban J connectivity index is 2.19. The lowest BCUT2D eigenvalue weighted by Gasteiger charge is -2.26. The number of nitrogens with zero attached hydrogens (tertiary/aromatic N) is 2. The Morgan fingerprint density at radius 3 is 2.41 bits per heavy atom. The van der Waals surface area contributed by atoms with Gasteiger partial charge in [0, 0.05) is 6.26 Å². The van der Waals surface area contributed by atoms with Crippen LogP contribution in [-0.2, 0) is 9.84 Å². The topological polar surface area (TPSA) is 133 Å². The van der Waals surface area contributed by atoms with Gasteiger partial charge in [0.15, 0.2) is 11.5 Å². The molecule has 0 saturated heterocycles. The number of fused-ring (bicyclic) bond motifs is 1. The molecule has 0 spiro atoms. The zero-order chi connectivity index (χ0) is 23.8. The van der Waals surface area contributed by atoms with Crippen molar-refractivity contribution in [3.63, 3.8) is 0 Å². The smallest absolute Gasteiger partial charge is 0.318 e. The third kappa shape index (κ3) is 4.13. The highest BCUT2D eigenvalue weighted by atomic mass is 32.2. The van der Waals surface area contributed by atoms with E-state index >= 15 is 0 Å². The van der Waals surface area contributed by atoms with Crippen LogP contribution in [0.15, 0.2) is 30.3 Å². The summed E-state index contributed by atoms with van der Waals surface area (Å²) in [5.74, 6) is -3.46. The second-order valence-electron chi connectivity index (χ2n) is 7.01. The van der Waals surface area contributed by atoms with Gasteiger partial charge in [-0.3, -0.25) is 24.6 Å². The van der Waals surface area contributed by atoms with E-state index < -0.39 is 55.4 Å². The summed E-state index contributed by atoms with van der Waals surface area (Å²) in [5.41, 5.74) is -2.00. The minimum Gasteiger partial charge on any atom is -0.493 e. The summed E-state index contributed by atoms with van der Waals surface area (Å²) in [4.78, 5) is 37.0. The number of carbonyl (C=O) groups excluding carboxylic acids is 2. The van der Waals surface area contributed by atoms with Crippen molar-refractivity contribution in [2.45, 2.75) is 13.0 Å². The molecule has 12 heteroatoms. The number of benzene rings is 2. The van der Waals surface area contributed by atoms with Crippen molar-refractivity contribution in [2.24, 2.45) is 0 Å². The molecule has 32 heavy (non-hydrogen) atoms. The molecule has 0 radical (unpaired) electrons. The van der Waals surface area contributed by atoms with Crippen LogP contribution in [0.4, 0.5) is 10.1 Å². The molecule has 0 aliphatic carbocycles. The van der Waals surface area contributed by atoms with Gasteiger partial charge in [0.25, 0.3) is 11.8 Å². The van der Waals surface area contributed by atoms with Crippen LogP contribution < -0.4 is 9.47 Å². The molecular weight excluding hydrogens is 447 g/mol. The molecule has 1 atom stereocenters. The van der Waals surface area contributed by atoms with Gasteiger partial charge in [0.2, 0.25) is 5.82 Å². The van der Waals surface area contributed by atoms with E-state index in [1.165, 1.54) is 25.3 Å². The summed E-state index contributed by atoms with van der Waals surface area (Å²) in [6.45, 7) is 1.98. The first-order valence-electron chi connectivity index (χ1n) is 9.33. The van der Waals surface area contributed by atoms with Crippen LogP contribution in [-0.4, -0.2) is 55.8 Å². The summed E-state index contributed by atoms with van der Waals surface area (Å²) in [7, 11) is -2.34. The molecule has 2 aromatic rings. The van der Waals surface area contributed by atoms with Crippen molar-refractivity contribution in [1.82, 2.24) is 4.90 Å². The Kier molecular flexibility index (Phi) is 6.17. The molecule has 1 unspecified atom stereocenters. The Bertz CT molecular complexity index is 1230. The van der Waals surface area contributed by atoms with Crippen molar-refractivity contribution in [3.05, 3.63) is 63.0 Å². The lowest BCUT2D eigenvalue weighted by atomic mass is 10.1. The summed E-state index contributed by atoms with van der Waals surface area (Å²) < 4.78 is 49.1. The van der Waals surface area contributed by atoms with E-state index in [0.717, 1.165) is 18.4 Å². The quantitative estimate of drug-likeness (QED) is 0.329. The van der Waals surface area contributed by atoms with Gasteiger partial charge in [-0.05, 0) is 36.8 Å². The van der Waals surface area contributed by atoms with Gasteiger partial charge >= 0.3 is 5.69 Å². The molecule has 10 nitrogen and oxygen atoms in total. The zero-order valence-electron chi connectivity index (χ0n) is 17.3. The number of ether oxygens (including phenoxy) is 2. The lowest BCUT2D eigenvalue weighted by molar-refractivity contribution is -0.387. The van der Waals surface area contributed by atoms with Crippen LogP contribution >= 0.6 is 0 Å². The first-order valence-corrected chi connectivity index (χ1v) is 11.4. The maximum Gasteiger partial charge on any atom is 0.318 e. The standard InChI is InChI=1S/C20H19FN2O8S/c1-4-31-16-9-11(5-8-15(16)30-2)14(10-32(3,28)29)22-19(24)12-6-7-13(21)18(23(26)27)17(12)20(22)25/h5-9,14H,4,10H2,1-3H3. The van der Waals surface area contributed by atoms with Crippen LogP contribution in [0, 0.1) is 15.9 Å². The Morgan fingerprint density at radius 2 is 1.84 bits per heavy atom. The van der Waals surface area contributed by atoms with Crippen molar-refractivity contribution < 1.29 is 36.8 Å². The second kappa shape index (κ2) is 8.54. The Hall–Kier alpha value is -3.54. The monoisotopic (exact) mass is 466 g/mol. The number of hydrogen-bond donors (Lipinski definition) is 0. The number of amides is 2. The molecule has 0 saturated carbocycles. The fourth-order valence-electron chi connectivity index (χ4n) is 3.54. The molecule has 2 amide bonds. The van der Waals surface area contributed by atoms with Gasteiger partial charge in [-0.2, -0.15) is 4.39 Å². The number of sulfone groups is 1. The Labute approximate surface area is 182 Å². The average molecular weight is 466 g/mol. The second-order valence-corrected chi connectivity index (χ2v) is 9.19. The molecule has 0 aromatic heterocycles. The Morgan fingerprint density at radius 1 is 1.16 bits per heavy atom. The zero-order valence-corrected chi connectivity index (χ0v) is 18.1. The summed E-state index contributed by atoms with van der Waals surface area (Å²) in [6, 6.07) is 4.71. The van der Waals surface area contributed by atoms with E-state index in [9.17, 15) is 32.5 Å².